The molecule has 3 aliphatic rings. The zero-order valence-electron chi connectivity index (χ0n) is 27.6. The van der Waals surface area contributed by atoms with Crippen LogP contribution in [-0.4, -0.2) is 30.3 Å². The van der Waals surface area contributed by atoms with Crippen molar-refractivity contribution in [1.82, 2.24) is 0 Å². The maximum absolute atomic E-state index is 11.2. The zero-order chi connectivity index (χ0) is 31.1. The highest BCUT2D eigenvalue weighted by atomic mass is 79.9. The Bertz CT molecular complexity index is 1450. The van der Waals surface area contributed by atoms with Crippen LogP contribution in [0.2, 0.25) is 0 Å². The fourth-order valence-corrected chi connectivity index (χ4v) is 8.69. The van der Waals surface area contributed by atoms with Crippen molar-refractivity contribution >= 4 is 15.9 Å². The van der Waals surface area contributed by atoms with Gasteiger partial charge in [-0.1, -0.05) is 66.2 Å². The van der Waals surface area contributed by atoms with Gasteiger partial charge in [0.05, 0.1) is 17.8 Å². The Balaban J connectivity index is 0.000000188. The summed E-state index contributed by atoms with van der Waals surface area (Å²) in [5.74, 6) is 1.12. The van der Waals surface area contributed by atoms with Gasteiger partial charge >= 0.3 is 0 Å². The van der Waals surface area contributed by atoms with E-state index in [0.717, 1.165) is 50.3 Å². The van der Waals surface area contributed by atoms with Crippen LogP contribution < -0.4 is 0 Å². The molecule has 3 aromatic carbocycles. The quantitative estimate of drug-likeness (QED) is 0.261. The van der Waals surface area contributed by atoms with Gasteiger partial charge in [0.2, 0.25) is 0 Å². The van der Waals surface area contributed by atoms with Crippen molar-refractivity contribution in [2.45, 2.75) is 104 Å². The molecule has 0 amide bonds. The molecule has 0 saturated heterocycles. The number of halogens is 1. The van der Waals surface area contributed by atoms with E-state index in [1.54, 1.807) is 11.1 Å². The first-order valence-electron chi connectivity index (χ1n) is 16.2. The van der Waals surface area contributed by atoms with E-state index in [1.807, 2.05) is 14.2 Å². The molecule has 0 aliphatic heterocycles. The summed E-state index contributed by atoms with van der Waals surface area (Å²) in [6, 6.07) is 13.1. The van der Waals surface area contributed by atoms with E-state index in [1.165, 1.54) is 55.6 Å². The molecule has 3 aliphatic carbocycles. The van der Waals surface area contributed by atoms with Gasteiger partial charge in [0, 0.05) is 32.4 Å². The molecule has 0 radical (unpaired) electrons. The molecule has 3 aromatic rings. The number of rotatable bonds is 7. The topological polar surface area (TPSA) is 38.7 Å². The second kappa shape index (κ2) is 13.2. The number of hydrogen-bond acceptors (Lipinski definition) is 3. The third-order valence-electron chi connectivity index (χ3n) is 10.8. The molecular formula is C39H51BrO3. The molecule has 0 heterocycles. The first kappa shape index (κ1) is 32.4. The van der Waals surface area contributed by atoms with Crippen LogP contribution in [0.5, 0.6) is 0 Å². The summed E-state index contributed by atoms with van der Waals surface area (Å²) in [7, 11) is 3.65. The number of aliphatic hydroxyl groups is 1. The molecule has 6 rings (SSSR count). The van der Waals surface area contributed by atoms with Gasteiger partial charge in [0.15, 0.2) is 0 Å². The van der Waals surface area contributed by atoms with Gasteiger partial charge in [0.25, 0.3) is 0 Å². The number of alkyl halides is 1. The Morgan fingerprint density at radius 3 is 1.63 bits per heavy atom. The number of ether oxygens (including phenoxy) is 2. The average Bonchev–Trinajstić information content (AvgIpc) is 3.60. The first-order valence-corrected chi connectivity index (χ1v) is 17.3. The molecular weight excluding hydrogens is 596 g/mol. The number of benzene rings is 3. The lowest BCUT2D eigenvalue weighted by Gasteiger charge is -2.24. The normalized spacial score (nSPS) is 23.0. The summed E-state index contributed by atoms with van der Waals surface area (Å²) in [6.07, 6.45) is 7.22. The van der Waals surface area contributed by atoms with Crippen LogP contribution in [-0.2, 0) is 48.0 Å². The first-order chi connectivity index (χ1) is 20.5. The fraction of sp³-hybridized carbons (Fsp3) is 0.538. The monoisotopic (exact) mass is 646 g/mol. The summed E-state index contributed by atoms with van der Waals surface area (Å²) >= 11 is 3.57. The molecule has 232 valence electrons. The molecule has 0 bridgehead atoms. The van der Waals surface area contributed by atoms with Crippen molar-refractivity contribution in [2.75, 3.05) is 19.5 Å². The van der Waals surface area contributed by atoms with Gasteiger partial charge in [0.1, 0.15) is 0 Å². The molecule has 1 N–H and O–H groups in total. The summed E-state index contributed by atoms with van der Waals surface area (Å²) in [5, 5.41) is 12.2. The van der Waals surface area contributed by atoms with Gasteiger partial charge in [-0.15, -0.1) is 0 Å². The lowest BCUT2D eigenvalue weighted by Crippen LogP contribution is -2.30. The third kappa shape index (κ3) is 6.27. The van der Waals surface area contributed by atoms with Crippen LogP contribution in [0.1, 0.15) is 99.2 Å². The predicted octanol–water partition coefficient (Wildman–Crippen LogP) is 8.77. The van der Waals surface area contributed by atoms with Crippen LogP contribution in [0.25, 0.3) is 0 Å². The van der Waals surface area contributed by atoms with Crippen molar-refractivity contribution in [1.29, 1.82) is 0 Å². The second-order valence-electron chi connectivity index (χ2n) is 13.7. The van der Waals surface area contributed by atoms with Gasteiger partial charge in [-0.25, -0.2) is 0 Å². The highest BCUT2D eigenvalue weighted by molar-refractivity contribution is 9.09. The highest BCUT2D eigenvalue weighted by Gasteiger charge is 2.37. The molecule has 0 spiro atoms. The molecule has 4 heteroatoms. The van der Waals surface area contributed by atoms with Crippen LogP contribution in [0.15, 0.2) is 36.4 Å². The fourth-order valence-electron chi connectivity index (χ4n) is 8.29. The molecule has 4 unspecified atom stereocenters. The van der Waals surface area contributed by atoms with Crippen molar-refractivity contribution in [3.05, 3.63) is 103 Å². The molecule has 4 atom stereocenters. The van der Waals surface area contributed by atoms with Crippen molar-refractivity contribution in [3.63, 3.8) is 0 Å². The number of aryl methyl sites for hydroxylation is 2. The maximum Gasteiger partial charge on any atom is 0.0852 e. The van der Waals surface area contributed by atoms with Gasteiger partial charge < -0.3 is 14.6 Å². The van der Waals surface area contributed by atoms with E-state index < -0.39 is 5.60 Å². The van der Waals surface area contributed by atoms with Gasteiger partial charge in [-0.3, -0.25) is 0 Å². The third-order valence-corrected chi connectivity index (χ3v) is 11.2. The number of methoxy groups -OCH3 is 2. The second-order valence-corrected chi connectivity index (χ2v) is 14.5. The van der Waals surface area contributed by atoms with E-state index in [4.69, 9.17) is 9.47 Å². The van der Waals surface area contributed by atoms with Crippen molar-refractivity contribution < 1.29 is 14.6 Å². The summed E-state index contributed by atoms with van der Waals surface area (Å²) < 4.78 is 11.5. The summed E-state index contributed by atoms with van der Waals surface area (Å²) in [6.45, 7) is 13.5. The Morgan fingerprint density at radius 1 is 0.767 bits per heavy atom. The lowest BCUT2D eigenvalue weighted by atomic mass is 9.86. The summed E-state index contributed by atoms with van der Waals surface area (Å²) in [5.41, 5.74) is 16.5. The predicted molar refractivity (Wildman–Crippen MR) is 182 cm³/mol. The van der Waals surface area contributed by atoms with E-state index in [-0.39, 0.29) is 6.10 Å². The Hall–Kier alpha value is -1.98. The molecule has 3 nitrogen and oxygen atoms in total. The minimum Gasteiger partial charge on any atom is -0.389 e. The standard InChI is InChI=1S/C24H30O2.C15H21BrO/c1-15-11-22-21(12-16(2)23(22)26-4)20(17(15)3)9-10-24(25)13-18-7-5-6-8-19(18)14-24;1-9-7-14-13(8-10(2)15(14)17-4)12(5-6-16)11(9)3/h5-8,11,16,23,25H,9-10,12-14H2,1-4H3;7,10,15H,5-6,8H2,1-4H3. The van der Waals surface area contributed by atoms with Crippen LogP contribution in [0, 0.1) is 39.5 Å². The average molecular weight is 648 g/mol. The molecule has 0 aromatic heterocycles. The van der Waals surface area contributed by atoms with Crippen molar-refractivity contribution in [3.8, 4) is 0 Å². The van der Waals surface area contributed by atoms with Gasteiger partial charge in [-0.2, -0.15) is 0 Å². The lowest BCUT2D eigenvalue weighted by molar-refractivity contribution is 0.0426. The largest absolute Gasteiger partial charge is 0.389 e. The molecule has 0 fully saturated rings. The minimum absolute atomic E-state index is 0.210. The van der Waals surface area contributed by atoms with E-state index in [2.05, 4.69) is 93.9 Å². The van der Waals surface area contributed by atoms with Crippen LogP contribution >= 0.6 is 15.9 Å². The van der Waals surface area contributed by atoms with Crippen LogP contribution in [0.4, 0.5) is 0 Å². The Kier molecular flexibility index (Phi) is 9.93. The molecule has 0 saturated carbocycles. The Labute approximate surface area is 268 Å². The zero-order valence-corrected chi connectivity index (χ0v) is 29.2. The summed E-state index contributed by atoms with van der Waals surface area (Å²) in [4.78, 5) is 0. The minimum atomic E-state index is -0.600. The smallest absolute Gasteiger partial charge is 0.0852 e. The number of fused-ring (bicyclic) bond motifs is 3. The molecule has 43 heavy (non-hydrogen) atoms. The maximum atomic E-state index is 11.2. The SMILES string of the molecule is COC1c2cc(C)c(C)c(CCBr)c2CC1C.COC1c2cc(C)c(C)c(CCC3(O)Cc4ccccc4C3)c2CC1C. The highest BCUT2D eigenvalue weighted by Crippen LogP contribution is 2.44. The van der Waals surface area contributed by atoms with Crippen molar-refractivity contribution in [2.24, 2.45) is 11.8 Å². The number of hydrogen-bond donors (Lipinski definition) is 1. The van der Waals surface area contributed by atoms with Crippen LogP contribution in [0.3, 0.4) is 0 Å². The van der Waals surface area contributed by atoms with E-state index >= 15 is 0 Å². The van der Waals surface area contributed by atoms with Gasteiger partial charge in [-0.05, 0) is 138 Å². The van der Waals surface area contributed by atoms with E-state index in [9.17, 15) is 5.11 Å². The van der Waals surface area contributed by atoms with E-state index in [0.29, 0.717) is 17.9 Å². The Morgan fingerprint density at radius 2 is 1.21 bits per heavy atom.